The third kappa shape index (κ3) is 4.97. The van der Waals surface area contributed by atoms with Crippen molar-refractivity contribution in [2.24, 2.45) is 5.92 Å². The van der Waals surface area contributed by atoms with Crippen LogP contribution in [0.5, 0.6) is 0 Å². The molecule has 0 aliphatic carbocycles. The van der Waals surface area contributed by atoms with Crippen LogP contribution < -0.4 is 10.2 Å². The molecule has 2 unspecified atom stereocenters. The minimum Gasteiger partial charge on any atom is -0.349 e. The van der Waals surface area contributed by atoms with Gasteiger partial charge in [0.1, 0.15) is 0 Å². The summed E-state index contributed by atoms with van der Waals surface area (Å²) >= 11 is 0. The molecule has 1 N–H and O–H groups in total. The third-order valence-electron chi connectivity index (χ3n) is 5.65. The fourth-order valence-corrected chi connectivity index (χ4v) is 5.26. The Bertz CT molecular complexity index is 1020. The summed E-state index contributed by atoms with van der Waals surface area (Å²) in [4.78, 5) is 27.0. The molecule has 1 aliphatic heterocycles. The molecule has 0 radical (unpaired) electrons. The van der Waals surface area contributed by atoms with Crippen LogP contribution in [-0.4, -0.2) is 44.2 Å². The van der Waals surface area contributed by atoms with Crippen molar-refractivity contribution in [3.05, 3.63) is 60.2 Å². The Morgan fingerprint density at radius 2 is 1.71 bits per heavy atom. The molecule has 7 nitrogen and oxygen atoms in total. The van der Waals surface area contributed by atoms with Gasteiger partial charge in [-0.3, -0.25) is 9.59 Å². The normalized spacial score (nSPS) is 17.7. The second-order valence-electron chi connectivity index (χ2n) is 7.63. The van der Waals surface area contributed by atoms with Crippen LogP contribution in [0.3, 0.4) is 0 Å². The fraction of sp³-hybridized carbons (Fsp3) is 0.391. The van der Waals surface area contributed by atoms with Crippen molar-refractivity contribution >= 4 is 27.5 Å². The van der Waals surface area contributed by atoms with E-state index in [2.05, 4.69) is 5.32 Å². The minimum atomic E-state index is -3.55. The van der Waals surface area contributed by atoms with E-state index in [0.29, 0.717) is 18.8 Å². The number of nitrogens with one attached hydrogen (secondary N) is 1. The molecule has 1 aliphatic rings. The van der Waals surface area contributed by atoms with Crippen LogP contribution in [0, 0.1) is 5.92 Å². The van der Waals surface area contributed by atoms with E-state index >= 15 is 0 Å². The summed E-state index contributed by atoms with van der Waals surface area (Å²) in [6.45, 7) is 6.56. The van der Waals surface area contributed by atoms with Crippen molar-refractivity contribution in [2.75, 3.05) is 24.5 Å². The molecule has 1 fully saturated rings. The van der Waals surface area contributed by atoms with E-state index in [9.17, 15) is 18.0 Å². The van der Waals surface area contributed by atoms with E-state index in [1.807, 2.05) is 37.3 Å². The molecule has 8 heteroatoms. The zero-order chi connectivity index (χ0) is 22.6. The maximum absolute atomic E-state index is 12.7. The smallest absolute Gasteiger partial charge is 0.243 e. The predicted molar refractivity (Wildman–Crippen MR) is 120 cm³/mol. The number of hydrogen-bond acceptors (Lipinski definition) is 4. The molecule has 1 heterocycles. The molecule has 3 rings (SSSR count). The molecule has 31 heavy (non-hydrogen) atoms. The lowest BCUT2D eigenvalue weighted by atomic mass is 10.1. The summed E-state index contributed by atoms with van der Waals surface area (Å²) in [5.41, 5.74) is 1.59. The van der Waals surface area contributed by atoms with Crippen LogP contribution in [0.25, 0.3) is 0 Å². The van der Waals surface area contributed by atoms with Gasteiger partial charge in [0.15, 0.2) is 0 Å². The van der Waals surface area contributed by atoms with Crippen molar-refractivity contribution in [1.82, 2.24) is 9.62 Å². The number of benzene rings is 2. The second kappa shape index (κ2) is 9.62. The Morgan fingerprint density at radius 1 is 1.10 bits per heavy atom. The van der Waals surface area contributed by atoms with Gasteiger partial charge in [-0.25, -0.2) is 8.42 Å². The average Bonchev–Trinajstić information content (AvgIpc) is 3.17. The number of hydrogen-bond donors (Lipinski definition) is 1. The Balaban J connectivity index is 1.68. The Morgan fingerprint density at radius 3 is 2.29 bits per heavy atom. The number of carbonyl (C=O) groups is 2. The Labute approximate surface area is 184 Å². The van der Waals surface area contributed by atoms with Gasteiger partial charge in [-0.1, -0.05) is 44.2 Å². The van der Waals surface area contributed by atoms with Crippen molar-refractivity contribution in [3.8, 4) is 0 Å². The molecule has 0 saturated carbocycles. The van der Waals surface area contributed by atoms with Gasteiger partial charge in [0, 0.05) is 31.7 Å². The van der Waals surface area contributed by atoms with Gasteiger partial charge in [-0.15, -0.1) is 0 Å². The first-order valence-electron chi connectivity index (χ1n) is 10.5. The highest BCUT2D eigenvalue weighted by molar-refractivity contribution is 7.89. The molecule has 0 bridgehead atoms. The van der Waals surface area contributed by atoms with Crippen molar-refractivity contribution in [1.29, 1.82) is 0 Å². The van der Waals surface area contributed by atoms with Crippen LogP contribution in [0.15, 0.2) is 59.5 Å². The van der Waals surface area contributed by atoms with Gasteiger partial charge in [0.05, 0.1) is 16.9 Å². The monoisotopic (exact) mass is 443 g/mol. The molecule has 1 saturated heterocycles. The van der Waals surface area contributed by atoms with E-state index in [1.165, 1.54) is 16.4 Å². The molecule has 0 spiro atoms. The van der Waals surface area contributed by atoms with Crippen molar-refractivity contribution in [3.63, 3.8) is 0 Å². The Kier molecular flexibility index (Phi) is 7.12. The SMILES string of the molecule is CCN(CC)S(=O)(=O)c1ccc(N2CC(C(=O)NC(C)c3ccccc3)CC2=O)cc1. The quantitative estimate of drug-likeness (QED) is 0.680. The van der Waals surface area contributed by atoms with Crippen LogP contribution in [0.1, 0.15) is 38.8 Å². The van der Waals surface area contributed by atoms with Gasteiger partial charge >= 0.3 is 0 Å². The average molecular weight is 444 g/mol. The van der Waals surface area contributed by atoms with E-state index in [1.54, 1.807) is 30.9 Å². The number of anilines is 1. The minimum absolute atomic E-state index is 0.132. The first-order valence-corrected chi connectivity index (χ1v) is 12.0. The summed E-state index contributed by atoms with van der Waals surface area (Å²) in [5.74, 6) is -0.752. The van der Waals surface area contributed by atoms with Crippen LogP contribution in [0.2, 0.25) is 0 Å². The van der Waals surface area contributed by atoms with Crippen molar-refractivity contribution in [2.45, 2.75) is 38.1 Å². The van der Waals surface area contributed by atoms with E-state index in [-0.39, 0.29) is 35.7 Å². The molecule has 2 aromatic carbocycles. The lowest BCUT2D eigenvalue weighted by molar-refractivity contribution is -0.126. The second-order valence-corrected chi connectivity index (χ2v) is 9.57. The number of sulfonamides is 1. The Hall–Kier alpha value is -2.71. The number of nitrogens with zero attached hydrogens (tertiary/aromatic N) is 2. The number of carbonyl (C=O) groups excluding carboxylic acids is 2. The summed E-state index contributed by atoms with van der Waals surface area (Å²) in [7, 11) is -3.55. The van der Waals surface area contributed by atoms with E-state index in [4.69, 9.17) is 0 Å². The number of rotatable bonds is 8. The molecular weight excluding hydrogens is 414 g/mol. The first kappa shape index (κ1) is 23.0. The molecular formula is C23H29N3O4S. The first-order chi connectivity index (χ1) is 14.8. The predicted octanol–water partition coefficient (Wildman–Crippen LogP) is 2.95. The van der Waals surface area contributed by atoms with Gasteiger partial charge < -0.3 is 10.2 Å². The molecule has 0 aromatic heterocycles. The van der Waals surface area contributed by atoms with Crippen LogP contribution in [-0.2, 0) is 19.6 Å². The van der Waals surface area contributed by atoms with Gasteiger partial charge in [0.2, 0.25) is 21.8 Å². The van der Waals surface area contributed by atoms with Crippen LogP contribution >= 0.6 is 0 Å². The highest BCUT2D eigenvalue weighted by Crippen LogP contribution is 2.27. The number of amides is 2. The summed E-state index contributed by atoms with van der Waals surface area (Å²) < 4.78 is 26.7. The highest BCUT2D eigenvalue weighted by atomic mass is 32.2. The lowest BCUT2D eigenvalue weighted by Crippen LogP contribution is -2.34. The standard InChI is InChI=1S/C23H29N3O4S/c1-4-25(5-2)31(29,30)21-13-11-20(12-14-21)26-16-19(15-22(26)27)23(28)24-17(3)18-9-7-6-8-10-18/h6-14,17,19H,4-5,15-16H2,1-3H3,(H,24,28). The lowest BCUT2D eigenvalue weighted by Gasteiger charge is -2.20. The van der Waals surface area contributed by atoms with Crippen LogP contribution in [0.4, 0.5) is 5.69 Å². The molecule has 166 valence electrons. The zero-order valence-corrected chi connectivity index (χ0v) is 18.9. The van der Waals surface area contributed by atoms with Gasteiger partial charge in [-0.2, -0.15) is 4.31 Å². The maximum atomic E-state index is 12.7. The third-order valence-corrected chi connectivity index (χ3v) is 7.71. The van der Waals surface area contributed by atoms with E-state index < -0.39 is 15.9 Å². The maximum Gasteiger partial charge on any atom is 0.243 e. The molecule has 2 atom stereocenters. The summed E-state index contributed by atoms with van der Waals surface area (Å²) in [6.07, 6.45) is 0.132. The molecule has 2 aromatic rings. The fourth-order valence-electron chi connectivity index (χ4n) is 3.80. The highest BCUT2D eigenvalue weighted by Gasteiger charge is 2.35. The van der Waals surface area contributed by atoms with Gasteiger partial charge in [0.25, 0.3) is 0 Å². The van der Waals surface area contributed by atoms with E-state index in [0.717, 1.165) is 5.56 Å². The topological polar surface area (TPSA) is 86.8 Å². The summed E-state index contributed by atoms with van der Waals surface area (Å²) in [5, 5.41) is 2.98. The largest absolute Gasteiger partial charge is 0.349 e. The summed E-state index contributed by atoms with van der Waals surface area (Å²) in [6, 6.07) is 15.8. The molecule has 2 amide bonds. The zero-order valence-electron chi connectivity index (χ0n) is 18.1. The van der Waals surface area contributed by atoms with Gasteiger partial charge in [-0.05, 0) is 36.8 Å². The van der Waals surface area contributed by atoms with Crippen molar-refractivity contribution < 1.29 is 18.0 Å².